The second-order valence-corrected chi connectivity index (χ2v) is 7.31. The Morgan fingerprint density at radius 2 is 1.54 bits per heavy atom. The third-order valence-corrected chi connectivity index (χ3v) is 4.57. The lowest BCUT2D eigenvalue weighted by molar-refractivity contribution is 0.598. The lowest BCUT2D eigenvalue weighted by Gasteiger charge is -2.09. The van der Waals surface area contributed by atoms with Crippen LogP contribution in [0.15, 0.2) is 59.5 Å². The lowest BCUT2D eigenvalue weighted by atomic mass is 10.1. The van der Waals surface area contributed by atoms with Gasteiger partial charge in [0.15, 0.2) is 0 Å². The van der Waals surface area contributed by atoms with Crippen molar-refractivity contribution in [2.75, 3.05) is 5.32 Å². The molecule has 0 radical (unpaired) electrons. The van der Waals surface area contributed by atoms with Crippen LogP contribution in [0.5, 0.6) is 0 Å². The molecule has 3 N–H and O–H groups in total. The van der Waals surface area contributed by atoms with Gasteiger partial charge in [0.2, 0.25) is 10.0 Å². The number of halogens is 1. The standard InChI is InChI=1S/C18H18N4O2S.ClH/c1-12-3-5-14(6-4-12)17-11-18(21-13(2)20-17)22-15-7-9-16(10-8-15)25(19,23)24;/h3-11H,1-2H3,(H2,19,23,24)(H,20,21,22);1H. The van der Waals surface area contributed by atoms with E-state index in [4.69, 9.17) is 5.14 Å². The summed E-state index contributed by atoms with van der Waals surface area (Å²) >= 11 is 0. The summed E-state index contributed by atoms with van der Waals surface area (Å²) in [5.74, 6) is 1.27. The molecule has 0 atom stereocenters. The highest BCUT2D eigenvalue weighted by Crippen LogP contribution is 2.23. The molecule has 2 aromatic carbocycles. The minimum absolute atomic E-state index is 0. The van der Waals surface area contributed by atoms with Crippen molar-refractivity contribution in [1.29, 1.82) is 0 Å². The molecule has 0 bridgehead atoms. The molecule has 0 aliphatic carbocycles. The van der Waals surface area contributed by atoms with Gasteiger partial charge in [-0.05, 0) is 38.1 Å². The van der Waals surface area contributed by atoms with Gasteiger partial charge < -0.3 is 5.32 Å². The van der Waals surface area contributed by atoms with Crippen molar-refractivity contribution in [1.82, 2.24) is 9.97 Å². The summed E-state index contributed by atoms with van der Waals surface area (Å²) in [5.41, 5.74) is 3.71. The predicted molar refractivity (Wildman–Crippen MR) is 105 cm³/mol. The normalized spacial score (nSPS) is 10.9. The third-order valence-electron chi connectivity index (χ3n) is 3.64. The van der Waals surface area contributed by atoms with Gasteiger partial charge in [0.05, 0.1) is 10.6 Å². The third kappa shape index (κ3) is 4.78. The molecule has 0 amide bonds. The van der Waals surface area contributed by atoms with Gasteiger partial charge >= 0.3 is 0 Å². The maximum Gasteiger partial charge on any atom is 0.238 e. The van der Waals surface area contributed by atoms with Crippen LogP contribution in [0.2, 0.25) is 0 Å². The van der Waals surface area contributed by atoms with Gasteiger partial charge in [0.1, 0.15) is 11.6 Å². The first-order valence-electron chi connectivity index (χ1n) is 7.64. The highest BCUT2D eigenvalue weighted by molar-refractivity contribution is 7.89. The number of nitrogens with zero attached hydrogens (tertiary/aromatic N) is 2. The zero-order valence-electron chi connectivity index (χ0n) is 14.3. The van der Waals surface area contributed by atoms with Crippen LogP contribution in [0.4, 0.5) is 11.5 Å². The minimum atomic E-state index is -3.70. The van der Waals surface area contributed by atoms with Crippen LogP contribution in [0.25, 0.3) is 11.3 Å². The van der Waals surface area contributed by atoms with Gasteiger partial charge in [-0.3, -0.25) is 0 Å². The van der Waals surface area contributed by atoms with E-state index in [1.807, 2.05) is 44.2 Å². The summed E-state index contributed by atoms with van der Waals surface area (Å²) < 4.78 is 22.6. The largest absolute Gasteiger partial charge is 0.340 e. The monoisotopic (exact) mass is 390 g/mol. The van der Waals surface area contributed by atoms with E-state index in [0.29, 0.717) is 17.3 Å². The summed E-state index contributed by atoms with van der Waals surface area (Å²) in [7, 11) is -3.70. The first-order chi connectivity index (χ1) is 11.8. The van der Waals surface area contributed by atoms with Crippen LogP contribution in [0.1, 0.15) is 11.4 Å². The van der Waals surface area contributed by atoms with Crippen LogP contribution in [0.3, 0.4) is 0 Å². The number of hydrogen-bond acceptors (Lipinski definition) is 5. The molecule has 0 spiro atoms. The molecular formula is C18H19ClN4O2S. The number of rotatable bonds is 4. The Kier molecular flexibility index (Phi) is 5.97. The average Bonchev–Trinajstić information content (AvgIpc) is 2.54. The summed E-state index contributed by atoms with van der Waals surface area (Å²) in [5, 5.41) is 8.26. The number of nitrogens with one attached hydrogen (secondary N) is 1. The number of primary sulfonamides is 1. The Hall–Kier alpha value is -2.48. The summed E-state index contributed by atoms with van der Waals surface area (Å²) in [6.45, 7) is 3.86. The number of nitrogens with two attached hydrogens (primary N) is 1. The Bertz CT molecular complexity index is 1000. The van der Waals surface area contributed by atoms with Crippen molar-refractivity contribution in [3.05, 3.63) is 66.0 Å². The second-order valence-electron chi connectivity index (χ2n) is 5.75. The Balaban J connectivity index is 0.00000243. The highest BCUT2D eigenvalue weighted by atomic mass is 35.5. The van der Waals surface area contributed by atoms with E-state index < -0.39 is 10.0 Å². The average molecular weight is 391 g/mol. The molecule has 0 aliphatic heterocycles. The molecule has 0 saturated carbocycles. The van der Waals surface area contributed by atoms with E-state index in [1.54, 1.807) is 12.1 Å². The molecule has 3 aromatic rings. The highest BCUT2D eigenvalue weighted by Gasteiger charge is 2.08. The predicted octanol–water partition coefficient (Wildman–Crippen LogP) is 3.57. The second kappa shape index (κ2) is 7.82. The van der Waals surface area contributed by atoms with Crippen molar-refractivity contribution >= 4 is 33.9 Å². The van der Waals surface area contributed by atoms with Crippen LogP contribution in [-0.2, 0) is 10.0 Å². The Labute approximate surface area is 159 Å². The molecule has 0 aliphatic rings. The van der Waals surface area contributed by atoms with E-state index in [0.717, 1.165) is 11.3 Å². The topological polar surface area (TPSA) is 98.0 Å². The Morgan fingerprint density at radius 3 is 2.12 bits per heavy atom. The first-order valence-corrected chi connectivity index (χ1v) is 9.18. The van der Waals surface area contributed by atoms with Gasteiger partial charge in [-0.25, -0.2) is 23.5 Å². The molecule has 8 heteroatoms. The number of aromatic nitrogens is 2. The first kappa shape index (κ1) is 19.8. The molecular weight excluding hydrogens is 372 g/mol. The minimum Gasteiger partial charge on any atom is -0.340 e. The molecule has 3 rings (SSSR count). The molecule has 136 valence electrons. The van der Waals surface area contributed by atoms with Crippen LogP contribution >= 0.6 is 12.4 Å². The van der Waals surface area contributed by atoms with Crippen LogP contribution < -0.4 is 10.5 Å². The quantitative estimate of drug-likeness (QED) is 0.709. The van der Waals surface area contributed by atoms with Crippen molar-refractivity contribution in [2.45, 2.75) is 18.7 Å². The molecule has 1 heterocycles. The van der Waals surface area contributed by atoms with E-state index in [-0.39, 0.29) is 17.3 Å². The van der Waals surface area contributed by atoms with Gasteiger partial charge in [-0.2, -0.15) is 0 Å². The van der Waals surface area contributed by atoms with E-state index in [9.17, 15) is 8.42 Å². The molecule has 26 heavy (non-hydrogen) atoms. The van der Waals surface area contributed by atoms with Crippen LogP contribution in [-0.4, -0.2) is 18.4 Å². The van der Waals surface area contributed by atoms with Crippen molar-refractivity contribution in [3.8, 4) is 11.3 Å². The summed E-state index contributed by atoms with van der Waals surface area (Å²) in [6, 6.07) is 16.1. The van der Waals surface area contributed by atoms with Crippen molar-refractivity contribution in [3.63, 3.8) is 0 Å². The van der Waals surface area contributed by atoms with Crippen molar-refractivity contribution < 1.29 is 8.42 Å². The molecule has 0 fully saturated rings. The number of hydrogen-bond donors (Lipinski definition) is 2. The molecule has 1 aromatic heterocycles. The fourth-order valence-electron chi connectivity index (χ4n) is 2.38. The fourth-order valence-corrected chi connectivity index (χ4v) is 2.90. The number of anilines is 2. The zero-order valence-corrected chi connectivity index (χ0v) is 15.9. The SMILES string of the molecule is Cc1ccc(-c2cc(Nc3ccc(S(N)(=O)=O)cc3)nc(C)n2)cc1.Cl. The van der Waals surface area contributed by atoms with Gasteiger partial charge in [0, 0.05) is 17.3 Å². The van der Waals surface area contributed by atoms with Crippen molar-refractivity contribution in [2.24, 2.45) is 5.14 Å². The summed E-state index contributed by atoms with van der Waals surface area (Å²) in [4.78, 5) is 8.92. The molecule has 6 nitrogen and oxygen atoms in total. The molecule has 0 unspecified atom stereocenters. The van der Waals surface area contributed by atoms with Gasteiger partial charge in [-0.1, -0.05) is 29.8 Å². The summed E-state index contributed by atoms with van der Waals surface area (Å²) in [6.07, 6.45) is 0. The van der Waals surface area contributed by atoms with Gasteiger partial charge in [0.25, 0.3) is 0 Å². The molecule has 0 saturated heterocycles. The Morgan fingerprint density at radius 1 is 0.923 bits per heavy atom. The van der Waals surface area contributed by atoms with E-state index in [2.05, 4.69) is 15.3 Å². The fraction of sp³-hybridized carbons (Fsp3) is 0.111. The maximum atomic E-state index is 11.3. The van der Waals surface area contributed by atoms with Gasteiger partial charge in [-0.15, -0.1) is 12.4 Å². The smallest absolute Gasteiger partial charge is 0.238 e. The van der Waals surface area contributed by atoms with E-state index in [1.165, 1.54) is 17.7 Å². The number of aryl methyl sites for hydroxylation is 2. The zero-order chi connectivity index (χ0) is 18.0. The van der Waals surface area contributed by atoms with E-state index >= 15 is 0 Å². The lowest BCUT2D eigenvalue weighted by Crippen LogP contribution is -2.11. The van der Waals surface area contributed by atoms with Crippen LogP contribution in [0, 0.1) is 13.8 Å². The maximum absolute atomic E-state index is 11.3. The number of sulfonamides is 1. The number of benzene rings is 2.